The number of hydrogen-bond donors (Lipinski definition) is 0. The molecule has 0 spiro atoms. The van der Waals surface area contributed by atoms with E-state index in [2.05, 4.69) is 76.2 Å². The summed E-state index contributed by atoms with van der Waals surface area (Å²) in [7, 11) is 0. The van der Waals surface area contributed by atoms with Gasteiger partial charge in [0.15, 0.2) is 0 Å². The minimum Gasteiger partial charge on any atom is -0.0788 e. The minimum absolute atomic E-state index is 0.955. The Kier molecular flexibility index (Phi) is 3.54. The molecule has 0 fully saturated rings. The highest BCUT2D eigenvalue weighted by molar-refractivity contribution is 7.81. The summed E-state index contributed by atoms with van der Waals surface area (Å²) in [6, 6.07) is 18.5. The third-order valence-corrected chi connectivity index (χ3v) is 6.66. The third-order valence-electron chi connectivity index (χ3n) is 6.22. The zero-order chi connectivity index (χ0) is 18.9. The van der Waals surface area contributed by atoms with Gasteiger partial charge in [-0.15, -0.1) is 0 Å². The Bertz CT molecular complexity index is 1190. The second-order valence-electron chi connectivity index (χ2n) is 8.09. The zero-order valence-corrected chi connectivity index (χ0v) is 17.1. The van der Waals surface area contributed by atoms with Crippen LogP contribution in [0.4, 0.5) is 0 Å². The highest BCUT2D eigenvalue weighted by Crippen LogP contribution is 2.34. The fourth-order valence-corrected chi connectivity index (χ4v) is 4.69. The summed E-state index contributed by atoms with van der Waals surface area (Å²) in [6.45, 7) is 8.73. The maximum atomic E-state index is 5.96. The molecule has 5 rings (SSSR count). The number of rotatable bonds is 0. The second kappa shape index (κ2) is 5.74. The predicted octanol–water partition coefficient (Wildman–Crippen LogP) is 6.90. The second-order valence-corrected chi connectivity index (χ2v) is 8.50. The molecule has 0 aliphatic heterocycles. The van der Waals surface area contributed by atoms with Crippen LogP contribution in [0, 0.1) is 27.7 Å². The molecule has 1 aliphatic rings. The molecule has 0 aromatic heterocycles. The fourth-order valence-electron chi connectivity index (χ4n) is 4.31. The largest absolute Gasteiger partial charge is 0.0788 e. The van der Waals surface area contributed by atoms with Crippen molar-refractivity contribution < 1.29 is 0 Å². The first kappa shape index (κ1) is 16.6. The maximum absolute atomic E-state index is 5.96. The smallest absolute Gasteiger partial charge is 0.0528 e. The lowest BCUT2D eigenvalue weighted by Crippen LogP contribution is -2.14. The molecule has 0 saturated heterocycles. The molecular weight excluding hydrogens is 344 g/mol. The summed E-state index contributed by atoms with van der Waals surface area (Å²) in [5, 5.41) is 5.20. The third kappa shape index (κ3) is 2.53. The van der Waals surface area contributed by atoms with Gasteiger partial charge in [0, 0.05) is 0 Å². The number of hydrogen-bond acceptors (Lipinski definition) is 1. The van der Waals surface area contributed by atoms with Gasteiger partial charge in [-0.2, -0.15) is 0 Å². The van der Waals surface area contributed by atoms with Gasteiger partial charge in [-0.1, -0.05) is 48.6 Å². The number of thiocarbonyl (C=S) groups is 1. The molecule has 1 aliphatic carbocycles. The molecule has 1 heteroatoms. The monoisotopic (exact) mass is 366 g/mol. The molecular formula is C26H22S. The molecule has 0 unspecified atom stereocenters. The summed E-state index contributed by atoms with van der Waals surface area (Å²) >= 11 is 5.96. The zero-order valence-electron chi connectivity index (χ0n) is 16.2. The van der Waals surface area contributed by atoms with E-state index in [4.69, 9.17) is 12.2 Å². The van der Waals surface area contributed by atoms with Crippen LogP contribution in [0.15, 0.2) is 48.5 Å². The highest BCUT2D eigenvalue weighted by Gasteiger charge is 2.21. The predicted molar refractivity (Wildman–Crippen MR) is 120 cm³/mol. The quantitative estimate of drug-likeness (QED) is 0.269. The summed E-state index contributed by atoms with van der Waals surface area (Å²) < 4.78 is 0. The molecule has 0 heterocycles. The van der Waals surface area contributed by atoms with E-state index in [0.29, 0.717) is 0 Å². The molecule has 0 bridgehead atoms. The van der Waals surface area contributed by atoms with E-state index in [-0.39, 0.29) is 0 Å². The van der Waals surface area contributed by atoms with Crippen LogP contribution in [0.1, 0.15) is 44.5 Å². The van der Waals surface area contributed by atoms with Gasteiger partial charge < -0.3 is 0 Å². The van der Waals surface area contributed by atoms with Crippen molar-refractivity contribution in [2.75, 3.05) is 0 Å². The highest BCUT2D eigenvalue weighted by atomic mass is 32.1. The van der Waals surface area contributed by atoms with Gasteiger partial charge in [0.05, 0.1) is 4.86 Å². The molecule has 27 heavy (non-hydrogen) atoms. The van der Waals surface area contributed by atoms with Gasteiger partial charge in [-0.05, 0) is 112 Å². The molecule has 0 amide bonds. The molecule has 4 aromatic carbocycles. The first-order chi connectivity index (χ1) is 12.9. The van der Waals surface area contributed by atoms with Crippen LogP contribution in [-0.4, -0.2) is 4.86 Å². The van der Waals surface area contributed by atoms with E-state index < -0.39 is 0 Å². The van der Waals surface area contributed by atoms with Crippen LogP contribution in [-0.2, 0) is 6.42 Å². The molecule has 0 nitrogen and oxygen atoms in total. The Morgan fingerprint density at radius 1 is 0.519 bits per heavy atom. The number of benzene rings is 4. The molecule has 0 saturated carbocycles. The molecule has 0 N–H and O–H groups in total. The lowest BCUT2D eigenvalue weighted by Gasteiger charge is -2.23. The number of fused-ring (bicyclic) bond motifs is 4. The van der Waals surface area contributed by atoms with Gasteiger partial charge in [0.2, 0.25) is 0 Å². The standard InChI is InChI=1S/C26H22S/c1-14-5-18-9-22-11-23-10-19-6-15(2)17(4)8-21(19)13-25(23)26(27)24(22)12-20(18)7-16(14)3/h5-10,12-13H,11H2,1-4H3. The van der Waals surface area contributed by atoms with E-state index in [0.717, 1.165) is 11.3 Å². The summed E-state index contributed by atoms with van der Waals surface area (Å²) in [4.78, 5) is 0.992. The first-order valence-electron chi connectivity index (χ1n) is 9.53. The first-order valence-corrected chi connectivity index (χ1v) is 9.94. The Balaban J connectivity index is 1.74. The molecule has 132 valence electrons. The van der Waals surface area contributed by atoms with Crippen molar-refractivity contribution in [1.29, 1.82) is 0 Å². The molecule has 0 radical (unpaired) electrons. The van der Waals surface area contributed by atoms with Crippen molar-refractivity contribution >= 4 is 38.6 Å². The Morgan fingerprint density at radius 3 is 1.22 bits per heavy atom. The number of aryl methyl sites for hydroxylation is 4. The van der Waals surface area contributed by atoms with Crippen LogP contribution in [0.25, 0.3) is 21.5 Å². The van der Waals surface area contributed by atoms with Crippen LogP contribution in [0.5, 0.6) is 0 Å². The van der Waals surface area contributed by atoms with Gasteiger partial charge in [-0.3, -0.25) is 0 Å². The van der Waals surface area contributed by atoms with E-state index in [1.165, 1.54) is 66.1 Å². The van der Waals surface area contributed by atoms with Crippen molar-refractivity contribution in [3.8, 4) is 0 Å². The average Bonchev–Trinajstić information content (AvgIpc) is 2.62. The van der Waals surface area contributed by atoms with Crippen molar-refractivity contribution in [3.05, 3.63) is 93.0 Å². The van der Waals surface area contributed by atoms with E-state index in [1.54, 1.807) is 0 Å². The van der Waals surface area contributed by atoms with Crippen molar-refractivity contribution in [2.45, 2.75) is 34.1 Å². The minimum atomic E-state index is 0.955. The van der Waals surface area contributed by atoms with Gasteiger partial charge >= 0.3 is 0 Å². The fraction of sp³-hybridized carbons (Fsp3) is 0.192. The van der Waals surface area contributed by atoms with Crippen LogP contribution in [0.2, 0.25) is 0 Å². The van der Waals surface area contributed by atoms with Crippen LogP contribution < -0.4 is 0 Å². The summed E-state index contributed by atoms with van der Waals surface area (Å²) in [5.74, 6) is 0. The normalized spacial score (nSPS) is 13.1. The molecule has 4 aromatic rings. The van der Waals surface area contributed by atoms with E-state index >= 15 is 0 Å². The van der Waals surface area contributed by atoms with E-state index in [1.807, 2.05) is 0 Å². The Hall–Kier alpha value is -2.51. The van der Waals surface area contributed by atoms with Crippen molar-refractivity contribution in [2.24, 2.45) is 0 Å². The lowest BCUT2D eigenvalue weighted by atomic mass is 9.82. The lowest BCUT2D eigenvalue weighted by molar-refractivity contribution is 1.17. The van der Waals surface area contributed by atoms with Crippen LogP contribution >= 0.6 is 12.2 Å². The Morgan fingerprint density at radius 2 is 0.852 bits per heavy atom. The van der Waals surface area contributed by atoms with Crippen molar-refractivity contribution in [1.82, 2.24) is 0 Å². The van der Waals surface area contributed by atoms with E-state index in [9.17, 15) is 0 Å². The Labute approximate surface area is 165 Å². The average molecular weight is 367 g/mol. The summed E-state index contributed by atoms with van der Waals surface area (Å²) in [5.41, 5.74) is 10.5. The topological polar surface area (TPSA) is 0 Å². The maximum Gasteiger partial charge on any atom is 0.0528 e. The SMILES string of the molecule is Cc1cc2cc3c(cc2cc1C)C(=S)c1cc2cc(C)c(C)cc2cc1C3. The van der Waals surface area contributed by atoms with Gasteiger partial charge in [-0.25, -0.2) is 0 Å². The van der Waals surface area contributed by atoms with Crippen LogP contribution in [0.3, 0.4) is 0 Å². The van der Waals surface area contributed by atoms with Gasteiger partial charge in [0.25, 0.3) is 0 Å². The van der Waals surface area contributed by atoms with Crippen molar-refractivity contribution in [3.63, 3.8) is 0 Å². The van der Waals surface area contributed by atoms with Gasteiger partial charge in [0.1, 0.15) is 0 Å². The summed E-state index contributed by atoms with van der Waals surface area (Å²) in [6.07, 6.45) is 0.955. The molecule has 0 atom stereocenters.